The molecule has 6 heteroatoms. The number of H-pyrrole nitrogens is 1. The molecule has 3 N–H and O–H groups in total. The van der Waals surface area contributed by atoms with Gasteiger partial charge in [0.1, 0.15) is 0 Å². The van der Waals surface area contributed by atoms with E-state index in [1.807, 2.05) is 0 Å². The third-order valence-electron chi connectivity index (χ3n) is 2.70. The quantitative estimate of drug-likeness (QED) is 0.693. The molecule has 2 heterocycles. The van der Waals surface area contributed by atoms with Gasteiger partial charge in [-0.25, -0.2) is 8.78 Å². The average molecular weight is 246 g/mol. The van der Waals surface area contributed by atoms with E-state index in [-0.39, 0.29) is 5.56 Å². The molecule has 0 bridgehead atoms. The molecule has 0 spiro atoms. The van der Waals surface area contributed by atoms with Gasteiger partial charge >= 0.3 is 0 Å². The Labute approximate surface area is 100 Å². The van der Waals surface area contributed by atoms with Crippen molar-refractivity contribution in [1.29, 1.82) is 0 Å². The fourth-order valence-electron chi connectivity index (χ4n) is 1.79. The van der Waals surface area contributed by atoms with E-state index in [9.17, 15) is 8.78 Å². The minimum Gasteiger partial charge on any atom is -0.382 e. The maximum absolute atomic E-state index is 13.6. The fourth-order valence-corrected chi connectivity index (χ4v) is 1.79. The number of nitrogens with zero attached hydrogens (tertiary/aromatic N) is 2. The lowest BCUT2D eigenvalue weighted by Crippen LogP contribution is -1.92. The Morgan fingerprint density at radius 3 is 2.89 bits per heavy atom. The highest BCUT2D eigenvalue weighted by molar-refractivity contribution is 5.90. The van der Waals surface area contributed by atoms with E-state index < -0.39 is 11.6 Å². The smallest absolute Gasteiger partial charge is 0.168 e. The summed E-state index contributed by atoms with van der Waals surface area (Å²) in [5, 5.41) is 7.13. The number of anilines is 1. The minimum atomic E-state index is -0.925. The van der Waals surface area contributed by atoms with Crippen LogP contribution in [-0.4, -0.2) is 15.2 Å². The molecular formula is C12H8F2N4. The number of benzene rings is 1. The summed E-state index contributed by atoms with van der Waals surface area (Å²) in [6.07, 6.45) is 1.48. The second kappa shape index (κ2) is 3.76. The second-order valence-electron chi connectivity index (χ2n) is 3.83. The van der Waals surface area contributed by atoms with E-state index in [0.29, 0.717) is 22.4 Å². The van der Waals surface area contributed by atoms with Crippen molar-refractivity contribution in [1.82, 2.24) is 15.2 Å². The molecule has 0 fully saturated rings. The number of nitrogen functional groups attached to an aromatic ring is 1. The lowest BCUT2D eigenvalue weighted by Gasteiger charge is -2.03. The molecule has 0 atom stereocenters. The van der Waals surface area contributed by atoms with Crippen LogP contribution in [0.3, 0.4) is 0 Å². The zero-order valence-electron chi connectivity index (χ0n) is 9.11. The van der Waals surface area contributed by atoms with Crippen LogP contribution in [0, 0.1) is 11.6 Å². The van der Waals surface area contributed by atoms with Crippen LogP contribution in [0.15, 0.2) is 30.5 Å². The molecule has 0 radical (unpaired) electrons. The molecule has 3 aromatic rings. The highest BCUT2D eigenvalue weighted by atomic mass is 19.2. The number of nitrogens with two attached hydrogens (primary N) is 1. The van der Waals surface area contributed by atoms with Crippen molar-refractivity contribution in [3.05, 3.63) is 42.1 Å². The van der Waals surface area contributed by atoms with Crippen molar-refractivity contribution in [3.8, 4) is 11.3 Å². The molecule has 0 amide bonds. The van der Waals surface area contributed by atoms with E-state index in [1.54, 1.807) is 6.07 Å². The number of hydrogen-bond donors (Lipinski definition) is 2. The van der Waals surface area contributed by atoms with Crippen LogP contribution in [0.2, 0.25) is 0 Å². The Balaban J connectivity index is 2.25. The molecule has 1 aromatic carbocycles. The number of halogens is 2. The Kier molecular flexibility index (Phi) is 2.22. The fraction of sp³-hybridized carbons (Fsp3) is 0. The predicted octanol–water partition coefficient (Wildman–Crippen LogP) is 2.49. The summed E-state index contributed by atoms with van der Waals surface area (Å²) in [5.74, 6) is -1.54. The summed E-state index contributed by atoms with van der Waals surface area (Å²) in [7, 11) is 0. The molecule has 0 aliphatic heterocycles. The summed E-state index contributed by atoms with van der Waals surface area (Å²) in [6, 6.07) is 5.52. The van der Waals surface area contributed by atoms with Gasteiger partial charge in [-0.05, 0) is 18.2 Å². The number of aromatic amines is 1. The van der Waals surface area contributed by atoms with Gasteiger partial charge in [0.25, 0.3) is 0 Å². The first kappa shape index (κ1) is 10.6. The van der Waals surface area contributed by atoms with Crippen LogP contribution in [0.25, 0.3) is 22.2 Å². The molecule has 2 aromatic heterocycles. The Hall–Kier alpha value is -2.50. The highest BCUT2D eigenvalue weighted by Crippen LogP contribution is 2.26. The molecule has 0 saturated carbocycles. The third kappa shape index (κ3) is 1.50. The van der Waals surface area contributed by atoms with Gasteiger partial charge in [-0.1, -0.05) is 6.07 Å². The maximum Gasteiger partial charge on any atom is 0.168 e. The molecule has 0 aliphatic carbocycles. The van der Waals surface area contributed by atoms with Gasteiger partial charge in [-0.15, -0.1) is 0 Å². The van der Waals surface area contributed by atoms with Gasteiger partial charge in [0.2, 0.25) is 0 Å². The molecule has 0 saturated heterocycles. The van der Waals surface area contributed by atoms with Gasteiger partial charge in [0, 0.05) is 10.9 Å². The van der Waals surface area contributed by atoms with Crippen molar-refractivity contribution in [2.45, 2.75) is 0 Å². The normalized spacial score (nSPS) is 11.0. The largest absolute Gasteiger partial charge is 0.382 e. The second-order valence-corrected chi connectivity index (χ2v) is 3.83. The van der Waals surface area contributed by atoms with Crippen molar-refractivity contribution in [2.24, 2.45) is 0 Å². The van der Waals surface area contributed by atoms with Gasteiger partial charge in [0.05, 0.1) is 17.4 Å². The Bertz CT molecular complexity index is 736. The molecule has 0 unspecified atom stereocenters. The minimum absolute atomic E-state index is 0.0949. The number of aromatic nitrogens is 3. The third-order valence-corrected chi connectivity index (χ3v) is 2.70. The van der Waals surface area contributed by atoms with Crippen molar-refractivity contribution < 1.29 is 8.78 Å². The predicted molar refractivity (Wildman–Crippen MR) is 63.7 cm³/mol. The molecule has 3 rings (SSSR count). The van der Waals surface area contributed by atoms with Crippen LogP contribution in [0.1, 0.15) is 0 Å². The van der Waals surface area contributed by atoms with Gasteiger partial charge < -0.3 is 5.73 Å². The van der Waals surface area contributed by atoms with E-state index in [0.717, 1.165) is 6.07 Å². The number of pyridine rings is 1. The van der Waals surface area contributed by atoms with Crippen molar-refractivity contribution >= 4 is 16.7 Å². The number of fused-ring (bicyclic) bond motifs is 1. The monoisotopic (exact) mass is 246 g/mol. The van der Waals surface area contributed by atoms with Crippen LogP contribution in [0.5, 0.6) is 0 Å². The summed E-state index contributed by atoms with van der Waals surface area (Å²) in [6.45, 7) is 0. The van der Waals surface area contributed by atoms with E-state index in [4.69, 9.17) is 5.73 Å². The van der Waals surface area contributed by atoms with E-state index >= 15 is 0 Å². The zero-order chi connectivity index (χ0) is 12.7. The summed E-state index contributed by atoms with van der Waals surface area (Å²) >= 11 is 0. The van der Waals surface area contributed by atoms with E-state index in [2.05, 4.69) is 15.2 Å². The first-order valence-electron chi connectivity index (χ1n) is 5.21. The zero-order valence-corrected chi connectivity index (χ0v) is 9.11. The van der Waals surface area contributed by atoms with Gasteiger partial charge in [-0.3, -0.25) is 10.1 Å². The van der Waals surface area contributed by atoms with Crippen LogP contribution in [0.4, 0.5) is 14.6 Å². The van der Waals surface area contributed by atoms with Gasteiger partial charge in [0.15, 0.2) is 17.5 Å². The molecule has 0 aliphatic rings. The number of hydrogen-bond acceptors (Lipinski definition) is 3. The lowest BCUT2D eigenvalue weighted by atomic mass is 10.1. The van der Waals surface area contributed by atoms with Crippen molar-refractivity contribution in [3.63, 3.8) is 0 Å². The average Bonchev–Trinajstić information content (AvgIpc) is 2.74. The van der Waals surface area contributed by atoms with Crippen LogP contribution in [-0.2, 0) is 0 Å². The highest BCUT2D eigenvalue weighted by Gasteiger charge is 2.12. The first-order valence-corrected chi connectivity index (χ1v) is 5.21. The number of nitrogens with one attached hydrogen (secondary N) is 1. The SMILES string of the molecule is Nc1n[nH]c2cnc(-c3cccc(F)c3F)cc12. The summed E-state index contributed by atoms with van der Waals surface area (Å²) in [5.41, 5.74) is 6.71. The summed E-state index contributed by atoms with van der Waals surface area (Å²) in [4.78, 5) is 4.06. The van der Waals surface area contributed by atoms with Crippen LogP contribution >= 0.6 is 0 Å². The maximum atomic E-state index is 13.6. The molecule has 18 heavy (non-hydrogen) atoms. The Morgan fingerprint density at radius 2 is 2.06 bits per heavy atom. The topological polar surface area (TPSA) is 67.6 Å². The summed E-state index contributed by atoms with van der Waals surface area (Å²) < 4.78 is 26.8. The Morgan fingerprint density at radius 1 is 1.22 bits per heavy atom. The van der Waals surface area contributed by atoms with Crippen LogP contribution < -0.4 is 5.73 Å². The standard InChI is InChI=1S/C12H8F2N4/c13-8-3-1-2-6(11(8)14)9-4-7-10(5-16-9)17-18-12(7)15/h1-5H,(H3,15,17,18). The number of rotatable bonds is 1. The molecule has 90 valence electrons. The molecular weight excluding hydrogens is 238 g/mol. The first-order chi connectivity index (χ1) is 8.66. The van der Waals surface area contributed by atoms with Gasteiger partial charge in [-0.2, -0.15) is 5.10 Å². The lowest BCUT2D eigenvalue weighted by molar-refractivity contribution is 0.511. The van der Waals surface area contributed by atoms with E-state index in [1.165, 1.54) is 18.3 Å². The molecule has 4 nitrogen and oxygen atoms in total. The van der Waals surface area contributed by atoms with Crippen molar-refractivity contribution in [2.75, 3.05) is 5.73 Å².